The molecule has 42 heavy (non-hydrogen) atoms. The number of nitrogens with zero attached hydrogens (tertiary/aromatic N) is 1. The fraction of sp³-hybridized carbons (Fsp3) is 0.375. The molecule has 3 aromatic rings. The van der Waals surface area contributed by atoms with E-state index in [-0.39, 0.29) is 24.5 Å². The third-order valence-corrected chi connectivity index (χ3v) is 7.70. The van der Waals surface area contributed by atoms with E-state index in [0.29, 0.717) is 33.8 Å². The number of rotatable bonds is 7. The molecule has 1 unspecified atom stereocenters. The van der Waals surface area contributed by atoms with Crippen molar-refractivity contribution in [2.45, 2.75) is 63.6 Å². The highest BCUT2D eigenvalue weighted by atomic mass is 35.5. The van der Waals surface area contributed by atoms with E-state index < -0.39 is 29.1 Å². The maximum absolute atomic E-state index is 13.6. The summed E-state index contributed by atoms with van der Waals surface area (Å²) in [5.41, 5.74) is 1.89. The van der Waals surface area contributed by atoms with Crippen molar-refractivity contribution in [1.82, 2.24) is 9.88 Å². The number of methoxy groups -OCH3 is 1. The molecule has 2 aliphatic rings. The Labute approximate surface area is 249 Å². The normalized spacial score (nSPS) is 15.9. The molecule has 1 atom stereocenters. The fourth-order valence-electron chi connectivity index (χ4n) is 5.20. The van der Waals surface area contributed by atoms with Gasteiger partial charge in [-0.1, -0.05) is 17.7 Å². The molecular weight excluding hydrogens is 558 g/mol. The summed E-state index contributed by atoms with van der Waals surface area (Å²) < 4.78 is 11.9. The second kappa shape index (κ2) is 11.4. The first-order valence-electron chi connectivity index (χ1n) is 13.9. The summed E-state index contributed by atoms with van der Waals surface area (Å²) in [5, 5.41) is 6.49. The van der Waals surface area contributed by atoms with Gasteiger partial charge in [0.2, 0.25) is 5.91 Å². The molecule has 1 aromatic heterocycles. The molecule has 2 N–H and O–H groups in total. The van der Waals surface area contributed by atoms with Crippen LogP contribution in [-0.2, 0) is 20.7 Å². The van der Waals surface area contributed by atoms with Crippen LogP contribution < -0.4 is 16.2 Å². The van der Waals surface area contributed by atoms with Gasteiger partial charge < -0.3 is 24.7 Å². The van der Waals surface area contributed by atoms with Crippen molar-refractivity contribution >= 4 is 35.1 Å². The number of carbonyl (C=O) groups excluding carboxylic acids is 3. The number of anilines is 1. The Bertz CT molecular complexity index is 1600. The Hall–Kier alpha value is -3.95. The molecule has 220 valence electrons. The SMILES string of the molecule is COCCC(C(=O)Nc1ccc(C(=O)OC(C)(C)C)cc1)n1cc2c(cc1=O)-c1cc(Cl)ccc1CC1(CC1)NC2=O. The number of pyridine rings is 1. The van der Waals surface area contributed by atoms with Gasteiger partial charge in [0, 0.05) is 54.2 Å². The number of nitrogens with one attached hydrogen (secondary N) is 2. The molecule has 1 aliphatic heterocycles. The minimum absolute atomic E-state index is 0.186. The third kappa shape index (κ3) is 6.42. The lowest BCUT2D eigenvalue weighted by Gasteiger charge is -2.26. The van der Waals surface area contributed by atoms with Gasteiger partial charge >= 0.3 is 5.97 Å². The molecule has 0 saturated heterocycles. The second-order valence-electron chi connectivity index (χ2n) is 11.9. The molecule has 0 bridgehead atoms. The summed E-state index contributed by atoms with van der Waals surface area (Å²) >= 11 is 6.34. The summed E-state index contributed by atoms with van der Waals surface area (Å²) in [6.45, 7) is 5.56. The standard InChI is InChI=1S/C32H34ClN3O6/c1-31(2,3)42-30(40)19-6-9-22(10-7-19)34-29(39)26(11-14-41-4)36-18-25-24(16-27(36)37)23-15-21(33)8-5-20(23)17-32(12-13-32)35-28(25)38/h5-10,15-16,18,26H,11-14,17H2,1-4H3,(H,34,39)(H,35,38). The van der Waals surface area contributed by atoms with E-state index in [1.54, 1.807) is 51.1 Å². The van der Waals surface area contributed by atoms with E-state index in [1.165, 1.54) is 23.9 Å². The van der Waals surface area contributed by atoms with E-state index >= 15 is 0 Å². The number of carbonyl (C=O) groups is 3. The van der Waals surface area contributed by atoms with Crippen LogP contribution in [0, 0.1) is 0 Å². The van der Waals surface area contributed by atoms with Crippen LogP contribution in [0.1, 0.15) is 72.4 Å². The quantitative estimate of drug-likeness (QED) is 0.367. The van der Waals surface area contributed by atoms with Crippen LogP contribution >= 0.6 is 11.6 Å². The van der Waals surface area contributed by atoms with Crippen molar-refractivity contribution in [3.05, 3.63) is 86.8 Å². The van der Waals surface area contributed by atoms with E-state index in [0.717, 1.165) is 24.0 Å². The highest BCUT2D eigenvalue weighted by Gasteiger charge is 2.46. The Kier molecular flexibility index (Phi) is 8.00. The van der Waals surface area contributed by atoms with Gasteiger partial charge in [0.05, 0.1) is 11.1 Å². The predicted molar refractivity (Wildman–Crippen MR) is 160 cm³/mol. The number of amides is 2. The summed E-state index contributed by atoms with van der Waals surface area (Å²) in [6.07, 6.45) is 4.03. The van der Waals surface area contributed by atoms with Crippen LogP contribution in [-0.4, -0.2) is 47.2 Å². The Morgan fingerprint density at radius 3 is 2.40 bits per heavy atom. The van der Waals surface area contributed by atoms with E-state index in [1.807, 2.05) is 12.1 Å². The van der Waals surface area contributed by atoms with Gasteiger partial charge in [0.15, 0.2) is 0 Å². The van der Waals surface area contributed by atoms with Crippen molar-refractivity contribution in [3.63, 3.8) is 0 Å². The van der Waals surface area contributed by atoms with Gasteiger partial charge in [-0.15, -0.1) is 0 Å². The lowest BCUT2D eigenvalue weighted by molar-refractivity contribution is -0.119. The minimum atomic E-state index is -0.972. The van der Waals surface area contributed by atoms with Gasteiger partial charge in [-0.3, -0.25) is 14.4 Å². The molecule has 2 aromatic carbocycles. The molecule has 1 saturated carbocycles. The summed E-state index contributed by atoms with van der Waals surface area (Å²) in [7, 11) is 1.51. The van der Waals surface area contributed by atoms with E-state index in [9.17, 15) is 19.2 Å². The molecule has 1 fully saturated rings. The van der Waals surface area contributed by atoms with E-state index in [2.05, 4.69) is 10.6 Å². The van der Waals surface area contributed by atoms with Crippen LogP contribution in [0.2, 0.25) is 5.02 Å². The topological polar surface area (TPSA) is 116 Å². The minimum Gasteiger partial charge on any atom is -0.456 e. The molecule has 9 nitrogen and oxygen atoms in total. The summed E-state index contributed by atoms with van der Waals surface area (Å²) in [4.78, 5) is 53.0. The molecule has 1 aliphatic carbocycles. The first kappa shape index (κ1) is 29.5. The maximum atomic E-state index is 13.6. The van der Waals surface area contributed by atoms with Gasteiger partial charge in [0.25, 0.3) is 11.5 Å². The van der Waals surface area contributed by atoms with Crippen molar-refractivity contribution in [2.75, 3.05) is 19.0 Å². The first-order chi connectivity index (χ1) is 19.9. The molecule has 5 rings (SSSR count). The molecular formula is C32H34ClN3O6. The molecule has 10 heteroatoms. The van der Waals surface area contributed by atoms with Gasteiger partial charge in [-0.2, -0.15) is 0 Å². The Morgan fingerprint density at radius 1 is 1.05 bits per heavy atom. The maximum Gasteiger partial charge on any atom is 0.338 e. The Morgan fingerprint density at radius 2 is 1.76 bits per heavy atom. The molecule has 1 spiro atoms. The first-order valence-corrected chi connectivity index (χ1v) is 14.3. The number of halogens is 1. The van der Waals surface area contributed by atoms with Crippen LogP contribution in [0.5, 0.6) is 0 Å². The number of aromatic nitrogens is 1. The van der Waals surface area contributed by atoms with Crippen LogP contribution in [0.3, 0.4) is 0 Å². The van der Waals surface area contributed by atoms with Crippen molar-refractivity contribution < 1.29 is 23.9 Å². The molecule has 2 amide bonds. The fourth-order valence-corrected chi connectivity index (χ4v) is 5.37. The predicted octanol–water partition coefficient (Wildman–Crippen LogP) is 5.16. The number of hydrogen-bond acceptors (Lipinski definition) is 6. The van der Waals surface area contributed by atoms with Gasteiger partial charge in [-0.25, -0.2) is 4.79 Å². The van der Waals surface area contributed by atoms with Gasteiger partial charge in [0.1, 0.15) is 11.6 Å². The monoisotopic (exact) mass is 591 g/mol. The zero-order valence-electron chi connectivity index (χ0n) is 24.1. The number of esters is 1. The Balaban J connectivity index is 1.48. The average molecular weight is 592 g/mol. The van der Waals surface area contributed by atoms with Crippen molar-refractivity contribution in [2.24, 2.45) is 0 Å². The summed E-state index contributed by atoms with van der Waals surface area (Å²) in [6, 6.07) is 12.3. The third-order valence-electron chi connectivity index (χ3n) is 7.47. The highest BCUT2D eigenvalue weighted by Crippen LogP contribution is 2.43. The number of ether oxygens (including phenoxy) is 2. The van der Waals surface area contributed by atoms with Crippen LogP contribution in [0.25, 0.3) is 11.1 Å². The van der Waals surface area contributed by atoms with E-state index in [4.69, 9.17) is 21.1 Å². The number of hydrogen-bond donors (Lipinski definition) is 2. The summed E-state index contributed by atoms with van der Waals surface area (Å²) in [5.74, 6) is -1.24. The second-order valence-corrected chi connectivity index (χ2v) is 12.4. The smallest absolute Gasteiger partial charge is 0.338 e. The van der Waals surface area contributed by atoms with Gasteiger partial charge in [-0.05, 0) is 87.6 Å². The van der Waals surface area contributed by atoms with Crippen LogP contribution in [0.15, 0.2) is 59.5 Å². The zero-order valence-corrected chi connectivity index (χ0v) is 24.8. The van der Waals surface area contributed by atoms with Crippen LogP contribution in [0.4, 0.5) is 5.69 Å². The number of fused-ring (bicyclic) bond motifs is 3. The highest BCUT2D eigenvalue weighted by molar-refractivity contribution is 6.31. The van der Waals surface area contributed by atoms with Crippen molar-refractivity contribution in [1.29, 1.82) is 0 Å². The zero-order chi connectivity index (χ0) is 30.2. The molecule has 0 radical (unpaired) electrons. The van der Waals surface area contributed by atoms with Crippen molar-refractivity contribution in [3.8, 4) is 11.1 Å². The number of benzene rings is 2. The lowest BCUT2D eigenvalue weighted by Crippen LogP contribution is -2.41. The largest absolute Gasteiger partial charge is 0.456 e. The molecule has 2 heterocycles. The average Bonchev–Trinajstić information content (AvgIpc) is 3.68. The lowest BCUT2D eigenvalue weighted by atomic mass is 9.89.